The molecule has 3 heterocycles. The number of rotatable bonds is 10. The average molecular weight is 632 g/mol. The third-order valence-electron chi connectivity index (χ3n) is 9.57. The highest BCUT2D eigenvalue weighted by atomic mass is 35.5. The Labute approximate surface area is 267 Å². The summed E-state index contributed by atoms with van der Waals surface area (Å²) >= 11 is 6.49. The fourth-order valence-corrected chi connectivity index (χ4v) is 7.87. The van der Waals surface area contributed by atoms with Crippen LogP contribution in [0.3, 0.4) is 0 Å². The lowest BCUT2D eigenvalue weighted by atomic mass is 9.66. The van der Waals surface area contributed by atoms with E-state index in [1.807, 2.05) is 57.2 Å². The molecule has 3 aromatic rings. The quantitative estimate of drug-likeness (QED) is 0.290. The van der Waals surface area contributed by atoms with E-state index in [0.717, 1.165) is 11.1 Å². The number of aliphatic hydroxyl groups excluding tert-OH is 1. The molecule has 6 atom stereocenters. The number of carbonyl (C=O) groups excluding carboxylic acids is 3. The zero-order valence-corrected chi connectivity index (χ0v) is 26.3. The second-order valence-corrected chi connectivity index (χ2v) is 12.8. The van der Waals surface area contributed by atoms with Crippen LogP contribution in [0.4, 0.5) is 11.4 Å². The van der Waals surface area contributed by atoms with E-state index < -0.39 is 41.0 Å². The van der Waals surface area contributed by atoms with Crippen LogP contribution in [0.5, 0.6) is 5.75 Å². The van der Waals surface area contributed by atoms with Gasteiger partial charge in [-0.25, -0.2) is 0 Å². The van der Waals surface area contributed by atoms with Crippen molar-refractivity contribution >= 4 is 40.7 Å². The summed E-state index contributed by atoms with van der Waals surface area (Å²) in [6.07, 6.45) is 1.22. The smallest absolute Gasteiger partial charge is 0.250 e. The van der Waals surface area contributed by atoms with E-state index in [-0.39, 0.29) is 18.4 Å². The van der Waals surface area contributed by atoms with E-state index in [2.05, 4.69) is 10.6 Å². The number of aryl methyl sites for hydroxylation is 1. The van der Waals surface area contributed by atoms with Gasteiger partial charge < -0.3 is 30.1 Å². The Morgan fingerprint density at radius 2 is 1.78 bits per heavy atom. The maximum atomic E-state index is 14.6. The second kappa shape index (κ2) is 12.1. The molecule has 0 aromatic heterocycles. The summed E-state index contributed by atoms with van der Waals surface area (Å²) in [6.45, 7) is 5.73. The molecule has 0 saturated carbocycles. The van der Waals surface area contributed by atoms with Crippen molar-refractivity contribution in [1.82, 2.24) is 4.90 Å². The molecule has 3 fully saturated rings. The minimum atomic E-state index is -1.27. The predicted octanol–water partition coefficient (Wildman–Crippen LogP) is 4.99. The summed E-state index contributed by atoms with van der Waals surface area (Å²) in [7, 11) is 0. The van der Waals surface area contributed by atoms with Crippen molar-refractivity contribution in [3.8, 4) is 5.75 Å². The minimum Gasteiger partial charge on any atom is -0.494 e. The number of halogens is 1. The fourth-order valence-electron chi connectivity index (χ4n) is 7.60. The molecule has 45 heavy (non-hydrogen) atoms. The molecule has 3 amide bonds. The number of carbonyl (C=O) groups is 3. The highest BCUT2D eigenvalue weighted by Crippen LogP contribution is 2.63. The summed E-state index contributed by atoms with van der Waals surface area (Å²) in [5.41, 5.74) is 0.447. The van der Waals surface area contributed by atoms with Crippen LogP contribution in [0.1, 0.15) is 37.8 Å². The van der Waals surface area contributed by atoms with Crippen LogP contribution in [-0.2, 0) is 25.5 Å². The lowest BCUT2D eigenvalue weighted by Gasteiger charge is -2.37. The number of hydrogen-bond donors (Lipinski definition) is 3. The van der Waals surface area contributed by atoms with Gasteiger partial charge in [-0.15, -0.1) is 0 Å². The molecule has 9 nitrogen and oxygen atoms in total. The molecule has 236 valence electrons. The third kappa shape index (κ3) is 5.37. The van der Waals surface area contributed by atoms with Crippen LogP contribution < -0.4 is 15.4 Å². The van der Waals surface area contributed by atoms with Gasteiger partial charge in [0, 0.05) is 5.69 Å². The minimum absolute atomic E-state index is 0.321. The Balaban J connectivity index is 1.38. The van der Waals surface area contributed by atoms with E-state index >= 15 is 0 Å². The lowest BCUT2D eigenvalue weighted by Crippen LogP contribution is -2.57. The molecule has 3 saturated heterocycles. The highest BCUT2D eigenvalue weighted by Gasteiger charge is 2.78. The number of hydrogen-bond acceptors (Lipinski definition) is 6. The number of anilines is 2. The summed E-state index contributed by atoms with van der Waals surface area (Å²) < 4.78 is 12.3. The Kier molecular flexibility index (Phi) is 8.37. The summed E-state index contributed by atoms with van der Waals surface area (Å²) in [5.74, 6) is -2.30. The van der Waals surface area contributed by atoms with Crippen LogP contribution in [0.15, 0.2) is 72.8 Å². The Morgan fingerprint density at radius 1 is 1.04 bits per heavy atom. The van der Waals surface area contributed by atoms with Crippen LogP contribution in [0, 0.1) is 18.8 Å². The van der Waals surface area contributed by atoms with Gasteiger partial charge in [0.1, 0.15) is 17.4 Å². The molecule has 0 aliphatic carbocycles. The van der Waals surface area contributed by atoms with Gasteiger partial charge in [-0.2, -0.15) is 0 Å². The van der Waals surface area contributed by atoms with E-state index in [4.69, 9.17) is 21.1 Å². The summed E-state index contributed by atoms with van der Waals surface area (Å²) in [5, 5.41) is 17.0. The fraction of sp³-hybridized carbons (Fsp3) is 0.400. The standard InChI is InChI=1S/C35H38ClN3O6/c1-4-44-25-15-13-23(14-16-25)37-31(41)27-28-33(43)39(24(20-40)19-22-10-6-5-7-11-22)30(35(28)18-17-34(27,3)45-35)32(42)38-29-21(2)9-8-12-26(29)36/h5-16,24,27-28,30,40H,4,17-20H2,1-3H3,(H,37,41)(H,38,42)/t24-,27+,28+,30?,34-,35?/m1/s1. The molecule has 3 aliphatic heterocycles. The highest BCUT2D eigenvalue weighted by molar-refractivity contribution is 6.34. The first-order chi connectivity index (χ1) is 21.6. The van der Waals surface area contributed by atoms with Crippen molar-refractivity contribution in [3.05, 3.63) is 88.9 Å². The number of para-hydroxylation sites is 1. The number of nitrogens with zero attached hydrogens (tertiary/aromatic N) is 1. The Hall–Kier alpha value is -3.92. The predicted molar refractivity (Wildman–Crippen MR) is 171 cm³/mol. The number of aliphatic hydroxyl groups is 1. The van der Waals surface area contributed by atoms with Crippen molar-refractivity contribution in [2.45, 2.75) is 63.3 Å². The third-order valence-corrected chi connectivity index (χ3v) is 9.88. The van der Waals surface area contributed by atoms with E-state index in [1.165, 1.54) is 4.90 Å². The summed E-state index contributed by atoms with van der Waals surface area (Å²) in [6, 6.07) is 20.1. The van der Waals surface area contributed by atoms with Gasteiger partial charge in [-0.3, -0.25) is 14.4 Å². The molecule has 0 radical (unpaired) electrons. The van der Waals surface area contributed by atoms with Gasteiger partial charge in [-0.05, 0) is 81.5 Å². The van der Waals surface area contributed by atoms with Gasteiger partial charge >= 0.3 is 0 Å². The maximum absolute atomic E-state index is 14.6. The maximum Gasteiger partial charge on any atom is 0.250 e. The first-order valence-corrected chi connectivity index (χ1v) is 15.8. The van der Waals surface area contributed by atoms with Crippen LogP contribution in [-0.4, -0.2) is 64.2 Å². The number of benzene rings is 3. The Morgan fingerprint density at radius 3 is 2.44 bits per heavy atom. The molecule has 3 aliphatic rings. The number of ether oxygens (including phenoxy) is 2. The zero-order chi connectivity index (χ0) is 31.9. The molecular formula is C35H38ClN3O6. The normalized spacial score (nSPS) is 27.3. The molecule has 2 unspecified atom stereocenters. The molecule has 3 aromatic carbocycles. The van der Waals surface area contributed by atoms with E-state index in [0.29, 0.717) is 48.0 Å². The van der Waals surface area contributed by atoms with Crippen molar-refractivity contribution < 1.29 is 29.0 Å². The van der Waals surface area contributed by atoms with Crippen LogP contribution >= 0.6 is 11.6 Å². The first kappa shape index (κ1) is 31.1. The van der Waals surface area contributed by atoms with Crippen molar-refractivity contribution in [1.29, 1.82) is 0 Å². The molecule has 1 spiro atoms. The number of likely N-dealkylation sites (tertiary alicyclic amines) is 1. The molecule has 3 N–H and O–H groups in total. The molecule has 2 bridgehead atoms. The molecule has 6 rings (SSSR count). The Bertz CT molecular complexity index is 1580. The summed E-state index contributed by atoms with van der Waals surface area (Å²) in [4.78, 5) is 44.5. The molecule has 10 heteroatoms. The van der Waals surface area contributed by atoms with Gasteiger partial charge in [0.15, 0.2) is 0 Å². The topological polar surface area (TPSA) is 117 Å². The van der Waals surface area contributed by atoms with Crippen molar-refractivity contribution in [2.24, 2.45) is 11.8 Å². The number of nitrogens with one attached hydrogen (secondary N) is 2. The second-order valence-electron chi connectivity index (χ2n) is 12.4. The average Bonchev–Trinajstić information content (AvgIpc) is 3.60. The van der Waals surface area contributed by atoms with Gasteiger partial charge in [0.2, 0.25) is 17.7 Å². The van der Waals surface area contributed by atoms with Crippen molar-refractivity contribution in [2.75, 3.05) is 23.8 Å². The largest absolute Gasteiger partial charge is 0.494 e. The monoisotopic (exact) mass is 631 g/mol. The van der Waals surface area contributed by atoms with E-state index in [1.54, 1.807) is 36.4 Å². The number of fused-ring (bicyclic) bond motifs is 1. The number of amides is 3. The van der Waals surface area contributed by atoms with Crippen molar-refractivity contribution in [3.63, 3.8) is 0 Å². The van der Waals surface area contributed by atoms with E-state index in [9.17, 15) is 19.5 Å². The lowest BCUT2D eigenvalue weighted by molar-refractivity contribution is -0.146. The molecular weight excluding hydrogens is 594 g/mol. The zero-order valence-electron chi connectivity index (χ0n) is 25.6. The first-order valence-electron chi connectivity index (χ1n) is 15.4. The van der Waals surface area contributed by atoms with Gasteiger partial charge in [0.05, 0.1) is 47.4 Å². The van der Waals surface area contributed by atoms with Gasteiger partial charge in [-0.1, -0.05) is 54.1 Å². The SMILES string of the molecule is CCOc1ccc(NC(=O)[C@@H]2[C@H]3C(=O)N([C@@H](CO)Cc4ccccc4)C(C(=O)Nc4c(C)cccc4Cl)C34CC[C@@]2(C)O4)cc1. The van der Waals surface area contributed by atoms with Gasteiger partial charge in [0.25, 0.3) is 0 Å². The van der Waals surface area contributed by atoms with Crippen LogP contribution in [0.25, 0.3) is 0 Å². The van der Waals surface area contributed by atoms with Crippen LogP contribution in [0.2, 0.25) is 5.02 Å².